The van der Waals surface area contributed by atoms with Crippen LogP contribution in [0.5, 0.6) is 0 Å². The van der Waals surface area contributed by atoms with Crippen LogP contribution < -0.4 is 17.2 Å². The average molecular weight is 422 g/mol. The molecule has 0 saturated carbocycles. The lowest BCUT2D eigenvalue weighted by Crippen LogP contribution is -2.38. The number of nitrogens with zero attached hydrogens (tertiary/aromatic N) is 3. The molecule has 0 spiro atoms. The summed E-state index contributed by atoms with van der Waals surface area (Å²) >= 11 is 0. The molecule has 1 heterocycles. The van der Waals surface area contributed by atoms with Gasteiger partial charge in [0.15, 0.2) is 0 Å². The lowest BCUT2D eigenvalue weighted by Gasteiger charge is -2.27. The van der Waals surface area contributed by atoms with Gasteiger partial charge in [-0.2, -0.15) is 19.3 Å². The normalized spacial score (nSPS) is 14.2. The number of anilines is 3. The first-order valence-electron chi connectivity index (χ1n) is 6.37. The first kappa shape index (κ1) is 24.6. The molecular formula is C8H20N6O10P2. The summed E-state index contributed by atoms with van der Waals surface area (Å²) in [6.45, 7) is -3.13. The fourth-order valence-corrected chi connectivity index (χ4v) is 2.79. The molecule has 12 N–H and O–H groups in total. The van der Waals surface area contributed by atoms with Crippen molar-refractivity contribution >= 4 is 33.5 Å². The van der Waals surface area contributed by atoms with Gasteiger partial charge in [-0.1, -0.05) is 0 Å². The number of nitrogens with two attached hydrogens (primary N) is 3. The Balaban J connectivity index is 0.000000577. The van der Waals surface area contributed by atoms with Crippen molar-refractivity contribution < 1.29 is 48.0 Å². The first-order valence-corrected chi connectivity index (χ1v) is 9.40. The smallest absolute Gasteiger partial charge is 0.396 e. The molecule has 1 rings (SSSR count). The van der Waals surface area contributed by atoms with Crippen LogP contribution in [0.25, 0.3) is 0 Å². The van der Waals surface area contributed by atoms with E-state index < -0.39 is 47.5 Å². The molecule has 0 aliphatic rings. The van der Waals surface area contributed by atoms with Crippen LogP contribution in [0.2, 0.25) is 0 Å². The van der Waals surface area contributed by atoms with Crippen LogP contribution in [0.4, 0.5) is 17.8 Å². The summed E-state index contributed by atoms with van der Waals surface area (Å²) in [4.78, 5) is 35.9. The van der Waals surface area contributed by atoms with E-state index in [4.69, 9.17) is 47.2 Å². The van der Waals surface area contributed by atoms with Crippen molar-refractivity contribution in [2.24, 2.45) is 5.41 Å². The van der Waals surface area contributed by atoms with Gasteiger partial charge < -0.3 is 47.2 Å². The van der Waals surface area contributed by atoms with Crippen molar-refractivity contribution in [2.75, 3.05) is 43.6 Å². The minimum atomic E-state index is -5.22. The quantitative estimate of drug-likeness (QED) is 0.186. The Bertz CT molecular complexity index is 608. The van der Waals surface area contributed by atoms with Gasteiger partial charge in [-0.25, -0.2) is 9.13 Å². The van der Waals surface area contributed by atoms with Crippen molar-refractivity contribution in [1.29, 1.82) is 0 Å². The van der Waals surface area contributed by atoms with E-state index in [0.29, 0.717) is 0 Å². The summed E-state index contributed by atoms with van der Waals surface area (Å²) in [5.74, 6) is 0.125. The van der Waals surface area contributed by atoms with Gasteiger partial charge in [0, 0.05) is 0 Å². The van der Waals surface area contributed by atoms with Gasteiger partial charge in [0.2, 0.25) is 17.8 Å². The summed E-state index contributed by atoms with van der Waals surface area (Å²) in [5, 5.41) is 26.5. The molecule has 1 atom stereocenters. The molecule has 1 aromatic heterocycles. The van der Waals surface area contributed by atoms with Crippen LogP contribution in [0.15, 0.2) is 0 Å². The maximum absolute atomic E-state index is 11.0. The Morgan fingerprint density at radius 2 is 1.19 bits per heavy atom. The summed E-state index contributed by atoms with van der Waals surface area (Å²) in [5.41, 5.74) is 13.8. The molecule has 26 heavy (non-hydrogen) atoms. The molecule has 1 aromatic rings. The van der Waals surface area contributed by atoms with Crippen molar-refractivity contribution in [2.45, 2.75) is 0 Å². The van der Waals surface area contributed by atoms with E-state index in [1.54, 1.807) is 0 Å². The van der Waals surface area contributed by atoms with Gasteiger partial charge in [0.05, 0.1) is 31.8 Å². The van der Waals surface area contributed by atoms with Gasteiger partial charge in [-0.3, -0.25) is 4.52 Å². The summed E-state index contributed by atoms with van der Waals surface area (Å²) in [6, 6.07) is 0. The molecule has 0 radical (unpaired) electrons. The number of hydrogen-bond acceptors (Lipinski definition) is 13. The lowest BCUT2D eigenvalue weighted by atomic mass is 9.93. The summed E-state index contributed by atoms with van der Waals surface area (Å²) < 4.78 is 28.9. The van der Waals surface area contributed by atoms with E-state index in [-0.39, 0.29) is 17.8 Å². The molecule has 152 valence electrons. The Kier molecular flexibility index (Phi) is 9.47. The largest absolute Gasteiger partial charge is 0.481 e. The number of aromatic nitrogens is 3. The molecule has 0 fully saturated rings. The van der Waals surface area contributed by atoms with E-state index in [2.05, 4.69) is 23.8 Å². The second-order valence-corrected chi connectivity index (χ2v) is 7.53. The Labute approximate surface area is 146 Å². The van der Waals surface area contributed by atoms with Crippen LogP contribution in [0.3, 0.4) is 0 Å². The summed E-state index contributed by atoms with van der Waals surface area (Å²) in [7, 11) is -10.3. The van der Waals surface area contributed by atoms with Gasteiger partial charge in [-0.05, 0) is 0 Å². The Hall–Kier alpha value is -1.45. The number of phosphoric acid groups is 2. The predicted molar refractivity (Wildman–Crippen MR) is 85.7 cm³/mol. The highest BCUT2D eigenvalue weighted by Gasteiger charge is 2.37. The zero-order valence-electron chi connectivity index (χ0n) is 13.1. The second kappa shape index (κ2) is 10.0. The monoisotopic (exact) mass is 422 g/mol. The molecule has 0 saturated heterocycles. The maximum atomic E-state index is 11.0. The number of aliphatic hydroxyl groups is 3. The van der Waals surface area contributed by atoms with Crippen molar-refractivity contribution in [3.8, 4) is 0 Å². The van der Waals surface area contributed by atoms with Crippen molar-refractivity contribution in [3.05, 3.63) is 0 Å². The zero-order chi connectivity index (χ0) is 20.6. The van der Waals surface area contributed by atoms with Gasteiger partial charge in [0.1, 0.15) is 0 Å². The molecule has 0 amide bonds. The summed E-state index contributed by atoms with van der Waals surface area (Å²) in [6.07, 6.45) is 0. The fraction of sp³-hybridized carbons (Fsp3) is 0.625. The fourth-order valence-electron chi connectivity index (χ4n) is 1.09. The first-order chi connectivity index (χ1) is 11.8. The minimum absolute atomic E-state index is 0.0417. The number of phosphoric ester groups is 1. The molecule has 0 bridgehead atoms. The zero-order valence-corrected chi connectivity index (χ0v) is 14.9. The maximum Gasteiger partial charge on any atom is 0.481 e. The minimum Gasteiger partial charge on any atom is -0.396 e. The molecular weight excluding hydrogens is 402 g/mol. The molecule has 0 aromatic carbocycles. The topological polar surface area (TPSA) is 291 Å². The van der Waals surface area contributed by atoms with Crippen LogP contribution in [0, 0.1) is 5.41 Å². The Morgan fingerprint density at radius 1 is 0.846 bits per heavy atom. The van der Waals surface area contributed by atoms with E-state index in [1.165, 1.54) is 0 Å². The number of nitrogen functional groups attached to an aromatic ring is 3. The number of aliphatic hydroxyl groups excluding tert-OH is 3. The predicted octanol–water partition coefficient (Wildman–Crippen LogP) is -3.21. The van der Waals surface area contributed by atoms with Gasteiger partial charge >= 0.3 is 15.6 Å². The van der Waals surface area contributed by atoms with Crippen LogP contribution in [-0.4, -0.2) is 71.4 Å². The highest BCUT2D eigenvalue weighted by molar-refractivity contribution is 7.60. The molecule has 0 aliphatic carbocycles. The molecule has 18 heteroatoms. The van der Waals surface area contributed by atoms with Crippen molar-refractivity contribution in [3.63, 3.8) is 0 Å². The second-order valence-electron chi connectivity index (χ2n) is 4.70. The number of rotatable bonds is 8. The average Bonchev–Trinajstić information content (AvgIpc) is 2.46. The van der Waals surface area contributed by atoms with E-state index in [1.807, 2.05) is 0 Å². The Morgan fingerprint density at radius 3 is 1.46 bits per heavy atom. The van der Waals surface area contributed by atoms with E-state index in [0.717, 1.165) is 0 Å². The highest BCUT2D eigenvalue weighted by atomic mass is 31.3. The lowest BCUT2D eigenvalue weighted by molar-refractivity contribution is -0.0316. The standard InChI is InChI=1S/C5H14O10P2.C3H6N6/c6-1-5(2-7,3-8)4-14-17(12,13)15-16(9,10)11;4-1-7-2(5)9-3(6)8-1/h6-8H,1-4H2,(H,12,13)(H2,9,10,11);(H6,4,5,6,7,8,9). The van der Waals surface area contributed by atoms with Crippen molar-refractivity contribution in [1.82, 2.24) is 15.0 Å². The van der Waals surface area contributed by atoms with E-state index >= 15 is 0 Å². The van der Waals surface area contributed by atoms with Gasteiger partial charge in [0.25, 0.3) is 0 Å². The third-order valence-electron chi connectivity index (χ3n) is 2.44. The molecule has 16 nitrogen and oxygen atoms in total. The van der Waals surface area contributed by atoms with Gasteiger partial charge in [-0.15, -0.1) is 0 Å². The molecule has 0 aliphatic heterocycles. The molecule has 1 unspecified atom stereocenters. The highest BCUT2D eigenvalue weighted by Crippen LogP contribution is 2.57. The third kappa shape index (κ3) is 9.88. The third-order valence-corrected chi connectivity index (χ3v) is 4.57. The SMILES string of the molecule is Nc1nc(N)nc(N)n1.O=P(O)(O)OP(=O)(O)OCC(CO)(CO)CO. The van der Waals surface area contributed by atoms with Crippen LogP contribution in [-0.2, 0) is 18.0 Å². The number of hydrogen-bond donors (Lipinski definition) is 9. The van der Waals surface area contributed by atoms with Crippen LogP contribution in [0.1, 0.15) is 0 Å². The van der Waals surface area contributed by atoms with E-state index in [9.17, 15) is 9.13 Å². The van der Waals surface area contributed by atoms with Crippen LogP contribution >= 0.6 is 15.6 Å².